The predicted molar refractivity (Wildman–Crippen MR) is 122 cm³/mol. The number of rotatable bonds is 7. The molecule has 4 rings (SSSR count). The van der Waals surface area contributed by atoms with Crippen LogP contribution in [0.25, 0.3) is 22.2 Å². The van der Waals surface area contributed by atoms with Crippen molar-refractivity contribution in [3.8, 4) is 28.8 Å². The van der Waals surface area contributed by atoms with E-state index >= 15 is 0 Å². The van der Waals surface area contributed by atoms with Gasteiger partial charge in [-0.05, 0) is 54.6 Å². The van der Waals surface area contributed by atoms with Crippen LogP contribution in [0.5, 0.6) is 11.5 Å². The highest BCUT2D eigenvalue weighted by atomic mass is 35.5. The zero-order valence-electron chi connectivity index (χ0n) is 16.4. The van der Waals surface area contributed by atoms with Gasteiger partial charge in [0.05, 0.1) is 22.3 Å². The molecule has 0 spiro atoms. The van der Waals surface area contributed by atoms with Crippen LogP contribution in [0.2, 0.25) is 5.02 Å². The number of nitriles is 1. The third kappa shape index (κ3) is 4.96. The number of thioether (sulfide) groups is 1. The van der Waals surface area contributed by atoms with Crippen LogP contribution in [0.4, 0.5) is 4.39 Å². The lowest BCUT2D eigenvalue weighted by Gasteiger charge is -2.11. The van der Waals surface area contributed by atoms with Gasteiger partial charge in [0.2, 0.25) is 0 Å². The van der Waals surface area contributed by atoms with Gasteiger partial charge < -0.3 is 4.74 Å². The third-order valence-electron chi connectivity index (χ3n) is 4.55. The molecule has 1 aromatic heterocycles. The summed E-state index contributed by atoms with van der Waals surface area (Å²) in [6, 6.07) is 19.8. The van der Waals surface area contributed by atoms with E-state index in [4.69, 9.17) is 21.6 Å². The minimum Gasteiger partial charge on any atom is -0.457 e. The molecule has 0 fully saturated rings. The van der Waals surface area contributed by atoms with E-state index < -0.39 is 5.82 Å². The van der Waals surface area contributed by atoms with Crippen LogP contribution in [0.15, 0.2) is 71.9 Å². The molecule has 154 valence electrons. The van der Waals surface area contributed by atoms with Crippen molar-refractivity contribution in [2.24, 2.45) is 0 Å². The van der Waals surface area contributed by atoms with Gasteiger partial charge in [-0.15, -0.1) is 11.8 Å². The average Bonchev–Trinajstić information content (AvgIpc) is 2.78. The van der Waals surface area contributed by atoms with E-state index in [2.05, 4.69) is 16.0 Å². The van der Waals surface area contributed by atoms with Crippen LogP contribution < -0.4 is 4.74 Å². The van der Waals surface area contributed by atoms with E-state index in [1.165, 1.54) is 12.4 Å². The molecule has 0 saturated heterocycles. The van der Waals surface area contributed by atoms with Gasteiger partial charge in [0.25, 0.3) is 0 Å². The molecule has 1 heterocycles. The second-order valence-corrected chi connectivity index (χ2v) is 8.26. The molecule has 31 heavy (non-hydrogen) atoms. The van der Waals surface area contributed by atoms with Gasteiger partial charge in [-0.2, -0.15) is 5.26 Å². The summed E-state index contributed by atoms with van der Waals surface area (Å²) in [5, 5.41) is 9.80. The topological polar surface area (TPSA) is 58.8 Å². The van der Waals surface area contributed by atoms with Gasteiger partial charge in [0, 0.05) is 22.3 Å². The second-order valence-electron chi connectivity index (χ2n) is 6.69. The minimum atomic E-state index is -0.408. The molecule has 4 nitrogen and oxygen atoms in total. The van der Waals surface area contributed by atoms with Crippen molar-refractivity contribution in [2.75, 3.05) is 5.75 Å². The number of para-hydroxylation sites is 1. The van der Waals surface area contributed by atoms with Gasteiger partial charge in [0.1, 0.15) is 23.6 Å². The van der Waals surface area contributed by atoms with Gasteiger partial charge in [-0.1, -0.05) is 29.8 Å². The zero-order valence-corrected chi connectivity index (χ0v) is 18.0. The van der Waals surface area contributed by atoms with Crippen LogP contribution in [-0.4, -0.2) is 15.7 Å². The predicted octanol–water partition coefficient (Wildman–Crippen LogP) is 7.28. The average molecular weight is 450 g/mol. The first-order chi connectivity index (χ1) is 15.2. The van der Waals surface area contributed by atoms with Crippen molar-refractivity contribution < 1.29 is 9.13 Å². The Balaban J connectivity index is 1.61. The fourth-order valence-corrected chi connectivity index (χ4v) is 4.24. The number of fused-ring (bicyclic) bond motifs is 1. The molecule has 0 atom stereocenters. The number of nitrogens with zero attached hydrogens (tertiary/aromatic N) is 3. The molecule has 4 aromatic rings. The summed E-state index contributed by atoms with van der Waals surface area (Å²) < 4.78 is 20.7. The quantitative estimate of drug-likeness (QED) is 0.219. The zero-order chi connectivity index (χ0) is 21.6. The number of benzene rings is 3. The first-order valence-corrected chi connectivity index (χ1v) is 11.0. The Hall–Kier alpha value is -3.14. The molecule has 0 radical (unpaired) electrons. The lowest BCUT2D eigenvalue weighted by molar-refractivity contribution is 0.479. The van der Waals surface area contributed by atoms with Crippen LogP contribution in [0.1, 0.15) is 12.8 Å². The smallest absolute Gasteiger partial charge is 0.132 e. The highest BCUT2D eigenvalue weighted by Gasteiger charge is 2.14. The SMILES string of the molecule is N#CCCCSc1cccc(Oc2ccc(F)c(-c3ncnc4c(Cl)cccc34)c2)c1. The molecular formula is C24H17ClFN3OS. The van der Waals surface area contributed by atoms with Crippen molar-refractivity contribution in [1.29, 1.82) is 5.26 Å². The molecule has 3 aromatic carbocycles. The summed E-state index contributed by atoms with van der Waals surface area (Å²) in [6.07, 6.45) is 2.76. The van der Waals surface area contributed by atoms with E-state index in [-0.39, 0.29) is 0 Å². The lowest BCUT2D eigenvalue weighted by Crippen LogP contribution is -1.94. The number of aromatic nitrogens is 2. The van der Waals surface area contributed by atoms with Gasteiger partial charge in [-0.3, -0.25) is 0 Å². The standard InChI is InChI=1S/C24H17ClFN3OS/c25-21-8-4-7-19-23(28-15-29-24(19)21)20-14-17(9-10-22(20)26)30-16-5-3-6-18(13-16)31-12-2-1-11-27/h3-10,13-15H,1-2,12H2. The Morgan fingerprint density at radius 3 is 2.74 bits per heavy atom. The lowest BCUT2D eigenvalue weighted by atomic mass is 10.1. The van der Waals surface area contributed by atoms with Gasteiger partial charge in [-0.25, -0.2) is 14.4 Å². The molecule has 0 N–H and O–H groups in total. The van der Waals surface area contributed by atoms with Crippen LogP contribution in [0, 0.1) is 17.1 Å². The van der Waals surface area contributed by atoms with E-state index in [1.807, 2.05) is 30.3 Å². The molecule has 0 aliphatic heterocycles. The maximum atomic E-state index is 14.7. The number of ether oxygens (including phenoxy) is 1. The number of hydrogen-bond acceptors (Lipinski definition) is 5. The van der Waals surface area contributed by atoms with E-state index in [0.717, 1.165) is 17.1 Å². The van der Waals surface area contributed by atoms with Crippen LogP contribution >= 0.6 is 23.4 Å². The monoisotopic (exact) mass is 449 g/mol. The molecule has 0 amide bonds. The van der Waals surface area contributed by atoms with Gasteiger partial charge in [0.15, 0.2) is 0 Å². The fraction of sp³-hybridized carbons (Fsp3) is 0.125. The molecule has 0 unspecified atom stereocenters. The van der Waals surface area contributed by atoms with Crippen LogP contribution in [0.3, 0.4) is 0 Å². The van der Waals surface area contributed by atoms with E-state index in [9.17, 15) is 4.39 Å². The maximum Gasteiger partial charge on any atom is 0.132 e. The van der Waals surface area contributed by atoms with E-state index in [1.54, 1.807) is 36.0 Å². The Morgan fingerprint density at radius 1 is 1.03 bits per heavy atom. The number of unbranched alkanes of at least 4 members (excludes halogenated alkanes) is 1. The summed E-state index contributed by atoms with van der Waals surface area (Å²) >= 11 is 7.91. The summed E-state index contributed by atoms with van der Waals surface area (Å²) in [5.41, 5.74) is 1.34. The normalized spacial score (nSPS) is 10.7. The Labute approximate surface area is 188 Å². The van der Waals surface area contributed by atoms with Crippen molar-refractivity contribution in [1.82, 2.24) is 9.97 Å². The Morgan fingerprint density at radius 2 is 1.87 bits per heavy atom. The molecule has 0 saturated carbocycles. The molecule has 7 heteroatoms. The highest BCUT2D eigenvalue weighted by Crippen LogP contribution is 2.34. The van der Waals surface area contributed by atoms with Crippen molar-refractivity contribution >= 4 is 34.3 Å². The largest absolute Gasteiger partial charge is 0.457 e. The minimum absolute atomic E-state index is 0.314. The fourth-order valence-electron chi connectivity index (χ4n) is 3.12. The number of hydrogen-bond donors (Lipinski definition) is 0. The Kier molecular flexibility index (Phi) is 6.66. The highest BCUT2D eigenvalue weighted by molar-refractivity contribution is 7.99. The molecule has 0 aliphatic carbocycles. The summed E-state index contributed by atoms with van der Waals surface area (Å²) in [7, 11) is 0. The summed E-state index contributed by atoms with van der Waals surface area (Å²) in [5.74, 6) is 1.60. The van der Waals surface area contributed by atoms with Crippen molar-refractivity contribution in [3.05, 3.63) is 77.8 Å². The van der Waals surface area contributed by atoms with Crippen molar-refractivity contribution in [3.63, 3.8) is 0 Å². The molecule has 0 aliphatic rings. The Bertz CT molecular complexity index is 1280. The van der Waals surface area contributed by atoms with E-state index in [0.29, 0.717) is 45.1 Å². The third-order valence-corrected chi connectivity index (χ3v) is 5.94. The first kappa shape index (κ1) is 21.1. The maximum absolute atomic E-state index is 14.7. The van der Waals surface area contributed by atoms with Gasteiger partial charge >= 0.3 is 0 Å². The van der Waals surface area contributed by atoms with Crippen molar-refractivity contribution in [2.45, 2.75) is 17.7 Å². The second kappa shape index (κ2) is 9.78. The molecular weight excluding hydrogens is 433 g/mol. The summed E-state index contributed by atoms with van der Waals surface area (Å²) in [6.45, 7) is 0. The first-order valence-electron chi connectivity index (χ1n) is 9.62. The summed E-state index contributed by atoms with van der Waals surface area (Å²) in [4.78, 5) is 9.56. The van der Waals surface area contributed by atoms with Crippen LogP contribution in [-0.2, 0) is 0 Å². The molecule has 0 bridgehead atoms. The number of halogens is 2.